The van der Waals surface area contributed by atoms with Crippen molar-refractivity contribution in [1.82, 2.24) is 0 Å². The SMILES string of the molecule is O=C(C=Cc1cccc(OCc2ccccc2)c1)c1cc2ccccc2o1. The first-order chi connectivity index (χ1) is 13.3. The summed E-state index contributed by atoms with van der Waals surface area (Å²) in [6, 6.07) is 27.0. The number of allylic oxidation sites excluding steroid dienone is 1. The minimum absolute atomic E-state index is 0.165. The van der Waals surface area contributed by atoms with Gasteiger partial charge in [0.25, 0.3) is 0 Å². The fourth-order valence-electron chi connectivity index (χ4n) is 2.81. The van der Waals surface area contributed by atoms with E-state index in [-0.39, 0.29) is 5.78 Å². The van der Waals surface area contributed by atoms with E-state index in [1.165, 1.54) is 6.08 Å². The van der Waals surface area contributed by atoms with Gasteiger partial charge < -0.3 is 9.15 Å². The lowest BCUT2D eigenvalue weighted by atomic mass is 10.1. The number of carbonyl (C=O) groups excluding carboxylic acids is 1. The summed E-state index contributed by atoms with van der Waals surface area (Å²) in [6.45, 7) is 0.506. The Bertz CT molecular complexity index is 1060. The number of hydrogen-bond acceptors (Lipinski definition) is 3. The molecule has 4 rings (SSSR count). The van der Waals surface area contributed by atoms with Crippen molar-refractivity contribution in [3.8, 4) is 5.75 Å². The van der Waals surface area contributed by atoms with Crippen molar-refractivity contribution in [2.75, 3.05) is 0 Å². The zero-order chi connectivity index (χ0) is 18.5. The molecular weight excluding hydrogens is 336 g/mol. The summed E-state index contributed by atoms with van der Waals surface area (Å²) in [5, 5.41) is 0.922. The number of carbonyl (C=O) groups is 1. The molecule has 0 aliphatic rings. The van der Waals surface area contributed by atoms with E-state index in [2.05, 4.69) is 0 Å². The van der Waals surface area contributed by atoms with Gasteiger partial charge in [-0.2, -0.15) is 0 Å². The lowest BCUT2D eigenvalue weighted by molar-refractivity contribution is 0.102. The summed E-state index contributed by atoms with van der Waals surface area (Å²) in [7, 11) is 0. The number of ether oxygens (including phenoxy) is 1. The first-order valence-corrected chi connectivity index (χ1v) is 8.76. The van der Waals surface area contributed by atoms with Crippen LogP contribution in [0.1, 0.15) is 21.7 Å². The molecule has 0 aliphatic carbocycles. The molecule has 0 saturated carbocycles. The lowest BCUT2D eigenvalue weighted by Crippen LogP contribution is -1.95. The first-order valence-electron chi connectivity index (χ1n) is 8.76. The molecule has 4 aromatic rings. The van der Waals surface area contributed by atoms with Crippen LogP contribution in [0.5, 0.6) is 5.75 Å². The predicted molar refractivity (Wildman–Crippen MR) is 107 cm³/mol. The number of rotatable bonds is 6. The van der Waals surface area contributed by atoms with Crippen molar-refractivity contribution in [3.63, 3.8) is 0 Å². The van der Waals surface area contributed by atoms with Crippen molar-refractivity contribution in [2.45, 2.75) is 6.61 Å². The summed E-state index contributed by atoms with van der Waals surface area (Å²) in [4.78, 5) is 12.4. The molecule has 0 spiro atoms. The Kier molecular flexibility index (Phi) is 4.84. The molecule has 3 heteroatoms. The zero-order valence-corrected chi connectivity index (χ0v) is 14.7. The third-order valence-electron chi connectivity index (χ3n) is 4.20. The molecule has 1 aromatic heterocycles. The fourth-order valence-corrected chi connectivity index (χ4v) is 2.81. The van der Waals surface area contributed by atoms with E-state index < -0.39 is 0 Å². The molecular formula is C24H18O3. The van der Waals surface area contributed by atoms with Crippen LogP contribution in [-0.2, 0) is 6.61 Å². The van der Waals surface area contributed by atoms with Gasteiger partial charge in [-0.15, -0.1) is 0 Å². The zero-order valence-electron chi connectivity index (χ0n) is 14.7. The minimum atomic E-state index is -0.165. The fraction of sp³-hybridized carbons (Fsp3) is 0.0417. The normalized spacial score (nSPS) is 11.1. The van der Waals surface area contributed by atoms with Crippen LogP contribution in [-0.4, -0.2) is 5.78 Å². The summed E-state index contributed by atoms with van der Waals surface area (Å²) in [5.74, 6) is 0.933. The van der Waals surface area contributed by atoms with E-state index in [1.807, 2.05) is 78.9 Å². The quantitative estimate of drug-likeness (QED) is 0.319. The Morgan fingerprint density at radius 3 is 2.56 bits per heavy atom. The number of benzene rings is 3. The smallest absolute Gasteiger partial charge is 0.221 e. The van der Waals surface area contributed by atoms with Crippen LogP contribution in [0.4, 0.5) is 0 Å². The molecule has 3 nitrogen and oxygen atoms in total. The predicted octanol–water partition coefficient (Wildman–Crippen LogP) is 5.91. The van der Waals surface area contributed by atoms with E-state index in [1.54, 1.807) is 12.1 Å². The Hall–Kier alpha value is -3.59. The van der Waals surface area contributed by atoms with Gasteiger partial charge in [-0.3, -0.25) is 4.79 Å². The molecule has 0 radical (unpaired) electrons. The van der Waals surface area contributed by atoms with Gasteiger partial charge >= 0.3 is 0 Å². The van der Waals surface area contributed by atoms with Crippen LogP contribution in [0.25, 0.3) is 17.0 Å². The van der Waals surface area contributed by atoms with E-state index >= 15 is 0 Å². The van der Waals surface area contributed by atoms with E-state index in [9.17, 15) is 4.79 Å². The molecule has 0 bridgehead atoms. The number of para-hydroxylation sites is 1. The van der Waals surface area contributed by atoms with Gasteiger partial charge in [-0.25, -0.2) is 0 Å². The second-order valence-corrected chi connectivity index (χ2v) is 6.19. The highest BCUT2D eigenvalue weighted by Gasteiger charge is 2.09. The topological polar surface area (TPSA) is 39.4 Å². The van der Waals surface area contributed by atoms with Gasteiger partial charge in [-0.1, -0.05) is 66.7 Å². The lowest BCUT2D eigenvalue weighted by Gasteiger charge is -2.06. The Morgan fingerprint density at radius 2 is 1.70 bits per heavy atom. The molecule has 0 atom stereocenters. The molecule has 0 unspecified atom stereocenters. The molecule has 0 fully saturated rings. The number of fused-ring (bicyclic) bond motifs is 1. The molecule has 0 aliphatic heterocycles. The highest BCUT2D eigenvalue weighted by Crippen LogP contribution is 2.20. The number of hydrogen-bond donors (Lipinski definition) is 0. The van der Waals surface area contributed by atoms with Crippen LogP contribution in [0, 0.1) is 0 Å². The molecule has 1 heterocycles. The minimum Gasteiger partial charge on any atom is -0.489 e. The highest BCUT2D eigenvalue weighted by atomic mass is 16.5. The number of ketones is 1. The Labute approximate surface area is 157 Å². The van der Waals surface area contributed by atoms with Gasteiger partial charge in [0.2, 0.25) is 5.78 Å². The van der Waals surface area contributed by atoms with Gasteiger partial charge in [0, 0.05) is 5.39 Å². The first kappa shape index (κ1) is 16.9. The van der Waals surface area contributed by atoms with E-state index in [0.29, 0.717) is 18.0 Å². The summed E-state index contributed by atoms with van der Waals surface area (Å²) in [5.41, 5.74) is 2.72. The molecule has 3 aromatic carbocycles. The largest absolute Gasteiger partial charge is 0.489 e. The standard InChI is InChI=1S/C24H18O3/c25-22(24-16-20-10-4-5-12-23(20)27-24)14-13-18-9-6-11-21(15-18)26-17-19-7-2-1-3-8-19/h1-16H,17H2. The van der Waals surface area contributed by atoms with Gasteiger partial charge in [0.1, 0.15) is 17.9 Å². The molecule has 0 saturated heterocycles. The molecule has 0 amide bonds. The maximum atomic E-state index is 12.4. The third-order valence-corrected chi connectivity index (χ3v) is 4.20. The van der Waals surface area contributed by atoms with Crippen molar-refractivity contribution >= 4 is 22.8 Å². The second-order valence-electron chi connectivity index (χ2n) is 6.19. The molecule has 27 heavy (non-hydrogen) atoms. The Balaban J connectivity index is 1.44. The van der Waals surface area contributed by atoms with Gasteiger partial charge in [0.15, 0.2) is 5.76 Å². The average molecular weight is 354 g/mol. The maximum absolute atomic E-state index is 12.4. The molecule has 132 valence electrons. The van der Waals surface area contributed by atoms with E-state index in [4.69, 9.17) is 9.15 Å². The summed E-state index contributed by atoms with van der Waals surface area (Å²) < 4.78 is 11.4. The monoisotopic (exact) mass is 354 g/mol. The van der Waals surface area contributed by atoms with Gasteiger partial charge in [0.05, 0.1) is 0 Å². The maximum Gasteiger partial charge on any atom is 0.221 e. The van der Waals surface area contributed by atoms with E-state index in [0.717, 1.165) is 22.3 Å². The average Bonchev–Trinajstić information content (AvgIpc) is 3.16. The second kappa shape index (κ2) is 7.75. The van der Waals surface area contributed by atoms with Crippen molar-refractivity contribution in [3.05, 3.63) is 108 Å². The van der Waals surface area contributed by atoms with Crippen molar-refractivity contribution < 1.29 is 13.9 Å². The van der Waals surface area contributed by atoms with Crippen LogP contribution in [0.15, 0.2) is 95.4 Å². The third kappa shape index (κ3) is 4.15. The van der Waals surface area contributed by atoms with Crippen LogP contribution in [0.2, 0.25) is 0 Å². The van der Waals surface area contributed by atoms with Crippen molar-refractivity contribution in [2.24, 2.45) is 0 Å². The van der Waals surface area contributed by atoms with Crippen LogP contribution in [0.3, 0.4) is 0 Å². The summed E-state index contributed by atoms with van der Waals surface area (Å²) >= 11 is 0. The summed E-state index contributed by atoms with van der Waals surface area (Å²) in [6.07, 6.45) is 3.29. The molecule has 0 N–H and O–H groups in total. The number of furan rings is 1. The van der Waals surface area contributed by atoms with Crippen LogP contribution >= 0.6 is 0 Å². The highest BCUT2D eigenvalue weighted by molar-refractivity contribution is 6.06. The van der Waals surface area contributed by atoms with Gasteiger partial charge in [-0.05, 0) is 41.5 Å². The Morgan fingerprint density at radius 1 is 0.889 bits per heavy atom. The van der Waals surface area contributed by atoms with Crippen molar-refractivity contribution in [1.29, 1.82) is 0 Å². The van der Waals surface area contributed by atoms with Crippen LogP contribution < -0.4 is 4.74 Å².